The largest absolute Gasteiger partial charge is 0.493 e. The highest BCUT2D eigenvalue weighted by atomic mass is 32.1. The van der Waals surface area contributed by atoms with Crippen molar-refractivity contribution in [3.63, 3.8) is 0 Å². The van der Waals surface area contributed by atoms with Crippen molar-refractivity contribution in [3.05, 3.63) is 50.8 Å². The monoisotopic (exact) mass is 455 g/mol. The van der Waals surface area contributed by atoms with E-state index in [1.165, 1.54) is 22.8 Å². The van der Waals surface area contributed by atoms with E-state index in [2.05, 4.69) is 10.2 Å². The number of methoxy groups -OCH3 is 5. The second-order valence-electron chi connectivity index (χ2n) is 6.59. The van der Waals surface area contributed by atoms with Gasteiger partial charge < -0.3 is 23.7 Å². The average molecular weight is 455 g/mol. The zero-order valence-electron chi connectivity index (χ0n) is 18.2. The van der Waals surface area contributed by atoms with Crippen molar-refractivity contribution in [2.45, 2.75) is 0 Å². The molecule has 0 N–H and O–H groups in total. The zero-order valence-corrected chi connectivity index (χ0v) is 19.0. The maximum Gasteiger partial charge on any atom is 0.276 e. The first kappa shape index (κ1) is 21.4. The van der Waals surface area contributed by atoms with Gasteiger partial charge in [0, 0.05) is 5.56 Å². The van der Waals surface area contributed by atoms with E-state index in [-0.39, 0.29) is 5.56 Å². The highest BCUT2D eigenvalue weighted by Gasteiger charge is 2.17. The third-order valence-electron chi connectivity index (χ3n) is 4.88. The molecule has 0 aliphatic carbocycles. The fourth-order valence-corrected chi connectivity index (χ4v) is 4.27. The number of thiazole rings is 1. The van der Waals surface area contributed by atoms with Crippen molar-refractivity contribution >= 4 is 22.4 Å². The minimum absolute atomic E-state index is 0.228. The smallest absolute Gasteiger partial charge is 0.276 e. The van der Waals surface area contributed by atoms with E-state index < -0.39 is 0 Å². The predicted octanol–water partition coefficient (Wildman–Crippen LogP) is 2.41. The second kappa shape index (κ2) is 8.75. The lowest BCUT2D eigenvalue weighted by molar-refractivity contribution is 0.324. The van der Waals surface area contributed by atoms with Gasteiger partial charge in [-0.25, -0.2) is 4.40 Å². The molecule has 0 unspecified atom stereocenters. The quantitative estimate of drug-likeness (QED) is 0.420. The predicted molar refractivity (Wildman–Crippen MR) is 121 cm³/mol. The maximum absolute atomic E-state index is 13.2. The summed E-state index contributed by atoms with van der Waals surface area (Å²) in [4.78, 5) is 13.7. The molecule has 166 valence electrons. The minimum atomic E-state index is -0.228. The van der Waals surface area contributed by atoms with E-state index in [1.54, 1.807) is 64.8 Å². The van der Waals surface area contributed by atoms with Crippen molar-refractivity contribution in [2.75, 3.05) is 35.5 Å². The van der Waals surface area contributed by atoms with E-state index in [9.17, 15) is 4.79 Å². The van der Waals surface area contributed by atoms with Gasteiger partial charge in [-0.2, -0.15) is 0 Å². The third-order valence-corrected chi connectivity index (χ3v) is 5.83. The lowest BCUT2D eigenvalue weighted by Crippen LogP contribution is -2.23. The lowest BCUT2D eigenvalue weighted by atomic mass is 10.1. The number of rotatable bonds is 7. The molecule has 0 fully saturated rings. The van der Waals surface area contributed by atoms with Gasteiger partial charge in [-0.1, -0.05) is 11.3 Å². The van der Waals surface area contributed by atoms with Crippen LogP contribution in [0.25, 0.3) is 22.4 Å². The molecular formula is C22H21N3O6S. The average Bonchev–Trinajstić information content (AvgIpc) is 3.37. The van der Waals surface area contributed by atoms with Crippen LogP contribution in [0, 0.1) is 0 Å². The summed E-state index contributed by atoms with van der Waals surface area (Å²) in [5.41, 5.74) is 1.18. The molecule has 4 aromatic rings. The van der Waals surface area contributed by atoms with Crippen LogP contribution in [0.5, 0.6) is 28.7 Å². The van der Waals surface area contributed by atoms with Crippen LogP contribution in [0.2, 0.25) is 0 Å². The normalized spacial score (nSPS) is 11.6. The number of aromatic nitrogens is 3. The van der Waals surface area contributed by atoms with Crippen molar-refractivity contribution in [2.24, 2.45) is 0 Å². The van der Waals surface area contributed by atoms with Gasteiger partial charge in [0.15, 0.2) is 28.8 Å². The Balaban J connectivity index is 1.86. The molecule has 0 saturated heterocycles. The Kier molecular flexibility index (Phi) is 5.87. The van der Waals surface area contributed by atoms with Gasteiger partial charge in [-0.05, 0) is 42.0 Å². The molecule has 0 spiro atoms. The van der Waals surface area contributed by atoms with Gasteiger partial charge in [0.2, 0.25) is 10.7 Å². The molecular weight excluding hydrogens is 434 g/mol. The van der Waals surface area contributed by atoms with Crippen LogP contribution in [0.15, 0.2) is 35.1 Å². The minimum Gasteiger partial charge on any atom is -0.493 e. The van der Waals surface area contributed by atoms with Crippen molar-refractivity contribution in [1.82, 2.24) is 14.6 Å². The van der Waals surface area contributed by atoms with Crippen LogP contribution in [0.3, 0.4) is 0 Å². The molecule has 4 rings (SSSR count). The molecule has 0 radical (unpaired) electrons. The van der Waals surface area contributed by atoms with Gasteiger partial charge in [-0.15, -0.1) is 10.2 Å². The van der Waals surface area contributed by atoms with Gasteiger partial charge >= 0.3 is 0 Å². The SMILES string of the molecule is COc1ccc(-c2nnc3s/c(=C\c4cc(OC)c(OC)c(OC)c4)c(=O)n23)cc1OC. The van der Waals surface area contributed by atoms with E-state index in [0.29, 0.717) is 49.6 Å². The number of hydrogen-bond acceptors (Lipinski definition) is 9. The van der Waals surface area contributed by atoms with Crippen LogP contribution in [-0.4, -0.2) is 50.1 Å². The molecule has 32 heavy (non-hydrogen) atoms. The van der Waals surface area contributed by atoms with Crippen LogP contribution in [0.1, 0.15) is 5.56 Å². The van der Waals surface area contributed by atoms with Crippen LogP contribution < -0.4 is 33.8 Å². The first-order chi connectivity index (χ1) is 15.5. The standard InChI is InChI=1S/C22H21N3O6S/c1-27-14-7-6-13(11-15(14)28-2)20-23-24-22-25(20)21(26)18(32-22)10-12-8-16(29-3)19(31-5)17(9-12)30-4/h6-11H,1-5H3/b18-10-. The highest BCUT2D eigenvalue weighted by molar-refractivity contribution is 7.15. The first-order valence-electron chi connectivity index (χ1n) is 9.46. The van der Waals surface area contributed by atoms with Gasteiger partial charge in [0.25, 0.3) is 5.56 Å². The Hall–Kier alpha value is -3.79. The fraction of sp³-hybridized carbons (Fsp3) is 0.227. The molecule has 2 aromatic heterocycles. The summed E-state index contributed by atoms with van der Waals surface area (Å²) in [7, 11) is 7.74. The summed E-state index contributed by atoms with van der Waals surface area (Å²) in [6.45, 7) is 0. The summed E-state index contributed by atoms with van der Waals surface area (Å²) in [6.07, 6.45) is 1.75. The molecule has 9 nitrogen and oxygen atoms in total. The topological polar surface area (TPSA) is 93.4 Å². The Morgan fingerprint density at radius 2 is 1.47 bits per heavy atom. The second-order valence-corrected chi connectivity index (χ2v) is 7.59. The number of fused-ring (bicyclic) bond motifs is 1. The van der Waals surface area contributed by atoms with E-state index in [4.69, 9.17) is 23.7 Å². The van der Waals surface area contributed by atoms with Crippen molar-refractivity contribution < 1.29 is 23.7 Å². The zero-order chi connectivity index (χ0) is 22.8. The van der Waals surface area contributed by atoms with E-state index >= 15 is 0 Å². The Morgan fingerprint density at radius 1 is 0.812 bits per heavy atom. The molecule has 10 heteroatoms. The Morgan fingerprint density at radius 3 is 2.06 bits per heavy atom. The molecule has 0 aliphatic rings. The summed E-state index contributed by atoms with van der Waals surface area (Å²) in [6, 6.07) is 8.87. The summed E-state index contributed by atoms with van der Waals surface area (Å²) in [5, 5.41) is 8.38. The Labute approximate surface area is 187 Å². The van der Waals surface area contributed by atoms with E-state index in [0.717, 1.165) is 5.56 Å². The molecule has 2 aromatic carbocycles. The van der Waals surface area contributed by atoms with Gasteiger partial charge in [0.1, 0.15) is 0 Å². The lowest BCUT2D eigenvalue weighted by Gasteiger charge is -2.12. The molecule has 0 saturated carbocycles. The highest BCUT2D eigenvalue weighted by Crippen LogP contribution is 2.38. The maximum atomic E-state index is 13.2. The van der Waals surface area contributed by atoms with Crippen LogP contribution >= 0.6 is 11.3 Å². The first-order valence-corrected chi connectivity index (χ1v) is 10.3. The number of ether oxygens (including phenoxy) is 5. The fourth-order valence-electron chi connectivity index (χ4n) is 3.36. The summed E-state index contributed by atoms with van der Waals surface area (Å²) >= 11 is 1.24. The molecule has 0 amide bonds. The van der Waals surface area contributed by atoms with Gasteiger partial charge in [0.05, 0.1) is 40.1 Å². The van der Waals surface area contributed by atoms with Crippen LogP contribution in [-0.2, 0) is 0 Å². The molecule has 0 bridgehead atoms. The summed E-state index contributed by atoms with van der Waals surface area (Å²) < 4.78 is 28.8. The van der Waals surface area contributed by atoms with Crippen molar-refractivity contribution in [1.29, 1.82) is 0 Å². The molecule has 0 aliphatic heterocycles. The van der Waals surface area contributed by atoms with E-state index in [1.807, 2.05) is 0 Å². The van der Waals surface area contributed by atoms with Crippen LogP contribution in [0.4, 0.5) is 0 Å². The molecule has 2 heterocycles. The Bertz CT molecular complexity index is 1370. The number of benzene rings is 2. The number of hydrogen-bond donors (Lipinski definition) is 0. The third kappa shape index (κ3) is 3.58. The summed E-state index contributed by atoms with van der Waals surface area (Å²) in [5.74, 6) is 3.02. The van der Waals surface area contributed by atoms with Crippen molar-refractivity contribution in [3.8, 4) is 40.1 Å². The van der Waals surface area contributed by atoms with Gasteiger partial charge in [-0.3, -0.25) is 4.79 Å². The molecule has 0 atom stereocenters. The number of nitrogens with zero attached hydrogens (tertiary/aromatic N) is 3.